The summed E-state index contributed by atoms with van der Waals surface area (Å²) in [6, 6.07) is 0. The van der Waals surface area contributed by atoms with Crippen molar-refractivity contribution in [1.29, 1.82) is 0 Å². The predicted molar refractivity (Wildman–Crippen MR) is 81.3 cm³/mol. The van der Waals surface area contributed by atoms with E-state index in [0.29, 0.717) is 11.6 Å². The van der Waals surface area contributed by atoms with Gasteiger partial charge in [0.15, 0.2) is 16.6 Å². The highest BCUT2D eigenvalue weighted by Crippen LogP contribution is 2.40. The van der Waals surface area contributed by atoms with Crippen LogP contribution in [0.3, 0.4) is 0 Å². The number of aromatic nitrogens is 1. The van der Waals surface area contributed by atoms with Crippen molar-refractivity contribution in [2.24, 2.45) is 5.92 Å². The quantitative estimate of drug-likeness (QED) is 0.880. The molecule has 1 aliphatic rings. The topological polar surface area (TPSA) is 80.5 Å². The lowest BCUT2D eigenvalue weighted by Gasteiger charge is -2.32. The molecule has 2 heterocycles. The lowest BCUT2D eigenvalue weighted by atomic mass is 9.96. The molecule has 1 aromatic rings. The van der Waals surface area contributed by atoms with Crippen LogP contribution in [0.25, 0.3) is 0 Å². The van der Waals surface area contributed by atoms with Crippen LogP contribution in [0.1, 0.15) is 26.7 Å². The number of piperidine rings is 1. The molecule has 0 aromatic carbocycles. The van der Waals surface area contributed by atoms with Gasteiger partial charge in [-0.3, -0.25) is 4.79 Å². The van der Waals surface area contributed by atoms with E-state index in [1.807, 2.05) is 13.8 Å². The molecule has 20 heavy (non-hydrogen) atoms. The molecule has 0 saturated carbocycles. The van der Waals surface area contributed by atoms with Crippen LogP contribution in [0.15, 0.2) is 0 Å². The smallest absolute Gasteiger partial charge is 0.222 e. The van der Waals surface area contributed by atoms with E-state index in [4.69, 9.17) is 10.5 Å². The summed E-state index contributed by atoms with van der Waals surface area (Å²) in [5, 5.41) is 3.70. The monoisotopic (exact) mass is 298 g/mol. The van der Waals surface area contributed by atoms with Crippen molar-refractivity contribution in [2.45, 2.75) is 32.8 Å². The largest absolute Gasteiger partial charge is 0.484 e. The third-order valence-corrected chi connectivity index (χ3v) is 4.31. The van der Waals surface area contributed by atoms with Gasteiger partial charge in [0.1, 0.15) is 0 Å². The Kier molecular flexibility index (Phi) is 4.69. The minimum Gasteiger partial charge on any atom is -0.484 e. The number of hydrogen-bond acceptors (Lipinski definition) is 6. The van der Waals surface area contributed by atoms with Gasteiger partial charge in [-0.1, -0.05) is 0 Å². The van der Waals surface area contributed by atoms with Crippen molar-refractivity contribution in [1.82, 2.24) is 9.69 Å². The summed E-state index contributed by atoms with van der Waals surface area (Å²) in [5.74, 6) is 1.37. The van der Waals surface area contributed by atoms with Gasteiger partial charge >= 0.3 is 0 Å². The van der Waals surface area contributed by atoms with Crippen molar-refractivity contribution in [2.75, 3.05) is 30.8 Å². The summed E-state index contributed by atoms with van der Waals surface area (Å²) in [6.45, 7) is 5.60. The van der Waals surface area contributed by atoms with Gasteiger partial charge in [0.05, 0.1) is 6.10 Å². The molecule has 1 fully saturated rings. The molecule has 1 aromatic heterocycles. The summed E-state index contributed by atoms with van der Waals surface area (Å²) in [5.41, 5.74) is 5.88. The fourth-order valence-corrected chi connectivity index (χ4v) is 3.18. The molecular weight excluding hydrogens is 276 g/mol. The van der Waals surface area contributed by atoms with E-state index in [0.717, 1.165) is 30.9 Å². The van der Waals surface area contributed by atoms with Gasteiger partial charge in [0, 0.05) is 26.1 Å². The third kappa shape index (κ3) is 3.15. The minimum atomic E-state index is 0.0656. The summed E-state index contributed by atoms with van der Waals surface area (Å²) >= 11 is 1.37. The minimum absolute atomic E-state index is 0.0656. The van der Waals surface area contributed by atoms with Crippen LogP contribution >= 0.6 is 11.5 Å². The highest BCUT2D eigenvalue weighted by atomic mass is 32.1. The molecule has 1 amide bonds. The Balaban J connectivity index is 2.05. The maximum atomic E-state index is 11.6. The Morgan fingerprint density at radius 3 is 2.70 bits per heavy atom. The molecular formula is C13H22N4O2S. The van der Waals surface area contributed by atoms with Crippen molar-refractivity contribution in [3.05, 3.63) is 0 Å². The van der Waals surface area contributed by atoms with E-state index >= 15 is 0 Å². The first kappa shape index (κ1) is 14.9. The number of nitrogens with zero attached hydrogens (tertiary/aromatic N) is 2. The molecule has 1 aliphatic heterocycles. The lowest BCUT2D eigenvalue weighted by Crippen LogP contribution is -2.39. The SMILES string of the molecule is CNC(=O)C1CCN(c2snc(N)c2OC(C)C)CC1. The average Bonchev–Trinajstić information content (AvgIpc) is 2.79. The molecule has 0 bridgehead atoms. The summed E-state index contributed by atoms with van der Waals surface area (Å²) in [6.07, 6.45) is 1.76. The van der Waals surface area contributed by atoms with Gasteiger partial charge < -0.3 is 20.7 Å². The summed E-state index contributed by atoms with van der Waals surface area (Å²) < 4.78 is 9.96. The second kappa shape index (κ2) is 6.30. The van der Waals surface area contributed by atoms with E-state index in [2.05, 4.69) is 14.6 Å². The maximum Gasteiger partial charge on any atom is 0.222 e. The summed E-state index contributed by atoms with van der Waals surface area (Å²) in [4.78, 5) is 13.9. The van der Waals surface area contributed by atoms with E-state index in [1.165, 1.54) is 11.5 Å². The molecule has 0 atom stereocenters. The van der Waals surface area contributed by atoms with Crippen LogP contribution < -0.4 is 20.7 Å². The zero-order chi connectivity index (χ0) is 14.7. The number of carbonyl (C=O) groups excluding carboxylic acids is 1. The molecule has 0 aliphatic carbocycles. The predicted octanol–water partition coefficient (Wildman–Crippen LogP) is 1.47. The molecule has 0 spiro atoms. The number of carbonyl (C=O) groups is 1. The van der Waals surface area contributed by atoms with Gasteiger partial charge in [-0.25, -0.2) is 0 Å². The van der Waals surface area contributed by atoms with Crippen LogP contribution in [-0.4, -0.2) is 36.5 Å². The van der Waals surface area contributed by atoms with Gasteiger partial charge in [-0.05, 0) is 38.2 Å². The first-order valence-electron chi connectivity index (χ1n) is 6.91. The average molecular weight is 298 g/mol. The molecule has 3 N–H and O–H groups in total. The Hall–Kier alpha value is -1.50. The zero-order valence-corrected chi connectivity index (χ0v) is 13.0. The Labute approximate surface area is 123 Å². The normalized spacial score (nSPS) is 16.5. The maximum absolute atomic E-state index is 11.6. The summed E-state index contributed by atoms with van der Waals surface area (Å²) in [7, 11) is 1.69. The van der Waals surface area contributed by atoms with Crippen molar-refractivity contribution < 1.29 is 9.53 Å². The van der Waals surface area contributed by atoms with Gasteiger partial charge in [-0.15, -0.1) is 0 Å². The van der Waals surface area contributed by atoms with Crippen molar-refractivity contribution in [3.63, 3.8) is 0 Å². The first-order valence-corrected chi connectivity index (χ1v) is 7.68. The van der Waals surface area contributed by atoms with E-state index in [1.54, 1.807) is 7.05 Å². The van der Waals surface area contributed by atoms with Crippen LogP contribution in [0.5, 0.6) is 5.75 Å². The molecule has 6 nitrogen and oxygen atoms in total. The standard InChI is InChI=1S/C13H22N4O2S/c1-8(2)19-10-11(14)16-20-13(10)17-6-4-9(5-7-17)12(18)15-3/h8-9H,4-7H2,1-3H3,(H2,14,16)(H,15,18). The lowest BCUT2D eigenvalue weighted by molar-refractivity contribution is -0.125. The Bertz CT molecular complexity index is 467. The van der Waals surface area contributed by atoms with Crippen LogP contribution in [0, 0.1) is 5.92 Å². The third-order valence-electron chi connectivity index (χ3n) is 3.41. The van der Waals surface area contributed by atoms with E-state index < -0.39 is 0 Å². The van der Waals surface area contributed by atoms with E-state index in [-0.39, 0.29) is 17.9 Å². The zero-order valence-electron chi connectivity index (χ0n) is 12.2. The second-order valence-corrected chi connectivity index (χ2v) is 6.00. The molecule has 112 valence electrons. The fraction of sp³-hybridized carbons (Fsp3) is 0.692. The fourth-order valence-electron chi connectivity index (χ4n) is 2.38. The molecule has 0 unspecified atom stereocenters. The first-order chi connectivity index (χ1) is 9.52. The molecule has 7 heteroatoms. The second-order valence-electron chi connectivity index (χ2n) is 5.24. The van der Waals surface area contributed by atoms with Gasteiger partial charge in [0.25, 0.3) is 0 Å². The van der Waals surface area contributed by atoms with Crippen molar-refractivity contribution >= 4 is 28.3 Å². The number of ether oxygens (including phenoxy) is 1. The Morgan fingerprint density at radius 2 is 2.15 bits per heavy atom. The highest BCUT2D eigenvalue weighted by Gasteiger charge is 2.28. The number of amides is 1. The van der Waals surface area contributed by atoms with E-state index in [9.17, 15) is 4.79 Å². The molecule has 1 saturated heterocycles. The molecule has 0 radical (unpaired) electrons. The Morgan fingerprint density at radius 1 is 1.50 bits per heavy atom. The van der Waals surface area contributed by atoms with Crippen LogP contribution in [0.4, 0.5) is 10.8 Å². The van der Waals surface area contributed by atoms with Crippen LogP contribution in [0.2, 0.25) is 0 Å². The van der Waals surface area contributed by atoms with Gasteiger partial charge in [0.2, 0.25) is 5.91 Å². The number of nitrogen functional groups attached to an aromatic ring is 1. The molecule has 2 rings (SSSR count). The van der Waals surface area contributed by atoms with Crippen LogP contribution in [-0.2, 0) is 4.79 Å². The number of nitrogens with one attached hydrogen (secondary N) is 1. The number of hydrogen-bond donors (Lipinski definition) is 2. The van der Waals surface area contributed by atoms with Crippen molar-refractivity contribution in [3.8, 4) is 5.75 Å². The number of nitrogens with two attached hydrogens (primary N) is 1. The van der Waals surface area contributed by atoms with Gasteiger partial charge in [-0.2, -0.15) is 4.37 Å². The highest BCUT2D eigenvalue weighted by molar-refractivity contribution is 7.11. The number of anilines is 2. The number of rotatable bonds is 4.